The number of nitrogens with one attached hydrogen (secondary N) is 1. The fourth-order valence-electron chi connectivity index (χ4n) is 2.80. The van der Waals surface area contributed by atoms with Gasteiger partial charge in [0.25, 0.3) is 0 Å². The predicted octanol–water partition coefficient (Wildman–Crippen LogP) is 3.61. The van der Waals surface area contributed by atoms with Crippen molar-refractivity contribution in [1.82, 2.24) is 4.90 Å². The van der Waals surface area contributed by atoms with E-state index in [0.29, 0.717) is 0 Å². The van der Waals surface area contributed by atoms with Gasteiger partial charge in [0.2, 0.25) is 0 Å². The summed E-state index contributed by atoms with van der Waals surface area (Å²) in [4.78, 5) is 2.53. The molecule has 0 heterocycles. The number of hydrogen-bond acceptors (Lipinski definition) is 2. The number of anilines is 1. The van der Waals surface area contributed by atoms with Gasteiger partial charge in [-0.3, -0.25) is 0 Å². The van der Waals surface area contributed by atoms with Gasteiger partial charge in [0.15, 0.2) is 0 Å². The van der Waals surface area contributed by atoms with Crippen LogP contribution in [0.2, 0.25) is 0 Å². The van der Waals surface area contributed by atoms with Crippen LogP contribution >= 0.6 is 0 Å². The molecule has 0 unspecified atom stereocenters. The van der Waals surface area contributed by atoms with Crippen molar-refractivity contribution in [2.75, 3.05) is 25.5 Å². The third kappa shape index (κ3) is 4.02. The summed E-state index contributed by atoms with van der Waals surface area (Å²) < 4.78 is 0. The van der Waals surface area contributed by atoms with Gasteiger partial charge in [-0.25, -0.2) is 0 Å². The van der Waals surface area contributed by atoms with Crippen molar-refractivity contribution < 1.29 is 0 Å². The highest BCUT2D eigenvalue weighted by atomic mass is 15.1. The Bertz CT molecular complexity index is 328. The Kier molecular flexibility index (Phi) is 5.06. The standard InChI is InChI=1S/C16H26N2/c1-14-8-10-16(11-9-14)18(2)13-12-17-15-6-4-3-5-7-15/h3-7,14,16-17H,8-13H2,1-2H3. The monoisotopic (exact) mass is 246 g/mol. The zero-order valence-electron chi connectivity index (χ0n) is 11.7. The largest absolute Gasteiger partial charge is 0.384 e. The van der Waals surface area contributed by atoms with E-state index in [0.717, 1.165) is 25.0 Å². The Morgan fingerprint density at radius 2 is 1.78 bits per heavy atom. The molecule has 1 aliphatic rings. The van der Waals surface area contributed by atoms with Crippen molar-refractivity contribution in [3.63, 3.8) is 0 Å². The lowest BCUT2D eigenvalue weighted by molar-refractivity contribution is 0.175. The molecule has 2 heteroatoms. The molecule has 2 nitrogen and oxygen atoms in total. The Labute approximate surface area is 111 Å². The smallest absolute Gasteiger partial charge is 0.0340 e. The van der Waals surface area contributed by atoms with Gasteiger partial charge in [0.1, 0.15) is 0 Å². The molecule has 1 aliphatic carbocycles. The van der Waals surface area contributed by atoms with E-state index in [1.165, 1.54) is 31.4 Å². The lowest BCUT2D eigenvalue weighted by Gasteiger charge is -2.33. The summed E-state index contributed by atoms with van der Waals surface area (Å²) in [5, 5.41) is 3.48. The minimum absolute atomic E-state index is 0.804. The second kappa shape index (κ2) is 6.79. The highest BCUT2D eigenvalue weighted by molar-refractivity contribution is 5.42. The molecule has 1 N–H and O–H groups in total. The Hall–Kier alpha value is -1.02. The minimum atomic E-state index is 0.804. The summed E-state index contributed by atoms with van der Waals surface area (Å²) in [6.07, 6.45) is 5.56. The van der Waals surface area contributed by atoms with Crippen molar-refractivity contribution >= 4 is 5.69 Å². The number of para-hydroxylation sites is 1. The Balaban J connectivity index is 1.67. The Morgan fingerprint density at radius 3 is 2.44 bits per heavy atom. The van der Waals surface area contributed by atoms with E-state index in [1.54, 1.807) is 0 Å². The molecular formula is C16H26N2. The summed E-state index contributed by atoms with van der Waals surface area (Å²) in [5.74, 6) is 0.942. The molecule has 0 aromatic heterocycles. The molecule has 2 rings (SSSR count). The summed E-state index contributed by atoms with van der Waals surface area (Å²) >= 11 is 0. The van der Waals surface area contributed by atoms with Gasteiger partial charge in [0, 0.05) is 24.8 Å². The normalized spacial score (nSPS) is 24.2. The van der Waals surface area contributed by atoms with Crippen molar-refractivity contribution in [3.05, 3.63) is 30.3 Å². The SMILES string of the molecule is CC1CCC(N(C)CCNc2ccccc2)CC1. The maximum atomic E-state index is 3.48. The summed E-state index contributed by atoms with van der Waals surface area (Å²) in [6.45, 7) is 4.55. The van der Waals surface area contributed by atoms with Crippen molar-refractivity contribution in [2.24, 2.45) is 5.92 Å². The molecule has 0 spiro atoms. The third-order valence-electron chi connectivity index (χ3n) is 4.18. The van der Waals surface area contributed by atoms with Crippen LogP contribution in [0.4, 0.5) is 5.69 Å². The van der Waals surface area contributed by atoms with E-state index in [9.17, 15) is 0 Å². The molecule has 0 atom stereocenters. The number of nitrogens with zero attached hydrogens (tertiary/aromatic N) is 1. The van der Waals surface area contributed by atoms with E-state index in [4.69, 9.17) is 0 Å². The first-order valence-electron chi connectivity index (χ1n) is 7.25. The van der Waals surface area contributed by atoms with E-state index >= 15 is 0 Å². The van der Waals surface area contributed by atoms with Crippen LogP contribution in [0.5, 0.6) is 0 Å². The zero-order valence-corrected chi connectivity index (χ0v) is 11.7. The van der Waals surface area contributed by atoms with Gasteiger partial charge >= 0.3 is 0 Å². The maximum absolute atomic E-state index is 3.48. The molecular weight excluding hydrogens is 220 g/mol. The third-order valence-corrected chi connectivity index (χ3v) is 4.18. The second-order valence-corrected chi connectivity index (χ2v) is 5.69. The van der Waals surface area contributed by atoms with Crippen LogP contribution in [-0.4, -0.2) is 31.1 Å². The molecule has 1 saturated carbocycles. The number of rotatable bonds is 5. The lowest BCUT2D eigenvalue weighted by Crippen LogP contribution is -2.37. The van der Waals surface area contributed by atoms with Crippen LogP contribution in [0.3, 0.4) is 0 Å². The van der Waals surface area contributed by atoms with Crippen LogP contribution in [0.15, 0.2) is 30.3 Å². The quantitative estimate of drug-likeness (QED) is 0.854. The van der Waals surface area contributed by atoms with Crippen LogP contribution < -0.4 is 5.32 Å². The molecule has 0 aliphatic heterocycles. The van der Waals surface area contributed by atoms with Crippen LogP contribution in [0, 0.1) is 5.92 Å². The van der Waals surface area contributed by atoms with E-state index < -0.39 is 0 Å². The summed E-state index contributed by atoms with van der Waals surface area (Å²) in [5.41, 5.74) is 1.23. The number of benzene rings is 1. The van der Waals surface area contributed by atoms with Crippen molar-refractivity contribution in [2.45, 2.75) is 38.6 Å². The molecule has 0 radical (unpaired) electrons. The van der Waals surface area contributed by atoms with E-state index in [-0.39, 0.29) is 0 Å². The number of likely N-dealkylation sites (N-methyl/N-ethyl adjacent to an activating group) is 1. The zero-order chi connectivity index (χ0) is 12.8. The van der Waals surface area contributed by atoms with Gasteiger partial charge < -0.3 is 10.2 Å². The second-order valence-electron chi connectivity index (χ2n) is 5.69. The van der Waals surface area contributed by atoms with Crippen LogP contribution in [-0.2, 0) is 0 Å². The highest BCUT2D eigenvalue weighted by Crippen LogP contribution is 2.26. The van der Waals surface area contributed by atoms with Gasteiger partial charge in [-0.15, -0.1) is 0 Å². The first-order chi connectivity index (χ1) is 8.75. The first kappa shape index (κ1) is 13.4. The number of hydrogen-bond donors (Lipinski definition) is 1. The molecule has 0 saturated heterocycles. The predicted molar refractivity (Wildman–Crippen MR) is 79.0 cm³/mol. The molecule has 100 valence electrons. The summed E-state index contributed by atoms with van der Waals surface area (Å²) in [7, 11) is 2.27. The molecule has 1 fully saturated rings. The van der Waals surface area contributed by atoms with Crippen LogP contribution in [0.25, 0.3) is 0 Å². The van der Waals surface area contributed by atoms with Crippen LogP contribution in [0.1, 0.15) is 32.6 Å². The van der Waals surface area contributed by atoms with E-state index in [1.807, 2.05) is 0 Å². The topological polar surface area (TPSA) is 15.3 Å². The summed E-state index contributed by atoms with van der Waals surface area (Å²) in [6, 6.07) is 11.3. The van der Waals surface area contributed by atoms with Gasteiger partial charge in [0.05, 0.1) is 0 Å². The average molecular weight is 246 g/mol. The van der Waals surface area contributed by atoms with Gasteiger partial charge in [-0.05, 0) is 50.8 Å². The fraction of sp³-hybridized carbons (Fsp3) is 0.625. The first-order valence-corrected chi connectivity index (χ1v) is 7.25. The highest BCUT2D eigenvalue weighted by Gasteiger charge is 2.20. The molecule has 0 amide bonds. The Morgan fingerprint density at radius 1 is 1.11 bits per heavy atom. The van der Waals surface area contributed by atoms with Gasteiger partial charge in [-0.2, -0.15) is 0 Å². The molecule has 1 aromatic rings. The van der Waals surface area contributed by atoms with Crippen molar-refractivity contribution in [1.29, 1.82) is 0 Å². The van der Waals surface area contributed by atoms with Crippen molar-refractivity contribution in [3.8, 4) is 0 Å². The maximum Gasteiger partial charge on any atom is 0.0340 e. The minimum Gasteiger partial charge on any atom is -0.384 e. The average Bonchev–Trinajstić information content (AvgIpc) is 2.40. The van der Waals surface area contributed by atoms with E-state index in [2.05, 4.69) is 54.5 Å². The molecule has 1 aromatic carbocycles. The van der Waals surface area contributed by atoms with Gasteiger partial charge in [-0.1, -0.05) is 25.1 Å². The fourth-order valence-corrected chi connectivity index (χ4v) is 2.80. The molecule has 0 bridgehead atoms. The molecule has 18 heavy (non-hydrogen) atoms. The lowest BCUT2D eigenvalue weighted by atomic mass is 9.87.